The molecule has 0 fully saturated rings. The van der Waals surface area contributed by atoms with Gasteiger partial charge in [-0.1, -0.05) is 109 Å². The summed E-state index contributed by atoms with van der Waals surface area (Å²) in [7, 11) is 4.66. The van der Waals surface area contributed by atoms with Crippen LogP contribution < -0.4 is 16.9 Å². The number of hydrogen-bond acceptors (Lipinski definition) is 0. The number of rotatable bonds is 17. The van der Waals surface area contributed by atoms with Crippen LogP contribution in [0.5, 0.6) is 0 Å². The normalized spacial score (nSPS) is 11.4. The van der Waals surface area contributed by atoms with Gasteiger partial charge in [0.25, 0.3) is 0 Å². The van der Waals surface area contributed by atoms with Gasteiger partial charge in [0.1, 0.15) is 5.69 Å². The monoisotopic (exact) mass is 395 g/mol. The standard InChI is InChI=1S/C25H46N.ClH/c1-4-5-6-7-8-9-10-11-12-13-14-15-16-17-21-24-26(2,3)25-22-19-18-20-23-25;/h18-20,22-23H,4-17,21,24H2,1-3H3;1H/q+1;/p-1. The molecule has 0 aliphatic heterocycles. The number of quaternary nitrogens is 1. The molecule has 1 aromatic rings. The molecule has 0 radical (unpaired) electrons. The third-order valence-corrected chi connectivity index (χ3v) is 5.78. The van der Waals surface area contributed by atoms with E-state index in [0.29, 0.717) is 0 Å². The average molecular weight is 396 g/mol. The Bertz CT molecular complexity index is 416. The molecule has 0 unspecified atom stereocenters. The van der Waals surface area contributed by atoms with Crippen LogP contribution in [0.1, 0.15) is 103 Å². The second-order valence-electron chi connectivity index (χ2n) is 8.69. The fraction of sp³-hybridized carbons (Fsp3) is 0.760. The van der Waals surface area contributed by atoms with Gasteiger partial charge in [0, 0.05) is 0 Å². The predicted octanol–water partition coefficient (Wildman–Crippen LogP) is 5.13. The van der Waals surface area contributed by atoms with Gasteiger partial charge in [0.15, 0.2) is 0 Å². The minimum atomic E-state index is 0. The molecule has 1 nitrogen and oxygen atoms in total. The van der Waals surface area contributed by atoms with Crippen molar-refractivity contribution in [3.05, 3.63) is 30.3 Å². The van der Waals surface area contributed by atoms with Gasteiger partial charge < -0.3 is 12.4 Å². The molecule has 1 rings (SSSR count). The number of para-hydroxylation sites is 1. The van der Waals surface area contributed by atoms with Gasteiger partial charge >= 0.3 is 0 Å². The maximum Gasteiger partial charge on any atom is 0.132 e. The molecular formula is C25H46ClN. The van der Waals surface area contributed by atoms with Crippen LogP contribution in [0.15, 0.2) is 30.3 Å². The molecular weight excluding hydrogens is 350 g/mol. The van der Waals surface area contributed by atoms with Crippen LogP contribution in [-0.4, -0.2) is 20.6 Å². The minimum Gasteiger partial charge on any atom is -1.00 e. The van der Waals surface area contributed by atoms with Gasteiger partial charge in [-0.05, 0) is 25.0 Å². The summed E-state index contributed by atoms with van der Waals surface area (Å²) in [5, 5.41) is 0. The van der Waals surface area contributed by atoms with Crippen LogP contribution in [-0.2, 0) is 0 Å². The molecule has 0 N–H and O–H groups in total. The van der Waals surface area contributed by atoms with Crippen molar-refractivity contribution in [1.82, 2.24) is 4.48 Å². The molecule has 0 aliphatic rings. The zero-order chi connectivity index (χ0) is 18.9. The number of benzene rings is 1. The largest absolute Gasteiger partial charge is 1.00 e. The van der Waals surface area contributed by atoms with Crippen molar-refractivity contribution in [3.63, 3.8) is 0 Å². The Morgan fingerprint density at radius 3 is 1.33 bits per heavy atom. The first-order chi connectivity index (χ1) is 12.7. The van der Waals surface area contributed by atoms with E-state index < -0.39 is 0 Å². The Labute approximate surface area is 176 Å². The lowest BCUT2D eigenvalue weighted by molar-refractivity contribution is -0.00000582. The second-order valence-corrected chi connectivity index (χ2v) is 8.69. The zero-order valence-corrected chi connectivity index (χ0v) is 19.3. The van der Waals surface area contributed by atoms with E-state index in [0.717, 1.165) is 4.48 Å². The molecule has 1 aromatic carbocycles. The van der Waals surface area contributed by atoms with Gasteiger partial charge in [0.2, 0.25) is 0 Å². The van der Waals surface area contributed by atoms with Crippen molar-refractivity contribution in [3.8, 4) is 0 Å². The van der Waals surface area contributed by atoms with Gasteiger partial charge in [-0.2, -0.15) is 0 Å². The maximum absolute atomic E-state index is 2.33. The highest BCUT2D eigenvalue weighted by Crippen LogP contribution is 2.19. The first-order valence-electron chi connectivity index (χ1n) is 11.6. The average Bonchev–Trinajstić information content (AvgIpc) is 2.65. The van der Waals surface area contributed by atoms with Crippen molar-refractivity contribution in [2.24, 2.45) is 0 Å². The first kappa shape index (κ1) is 26.5. The molecule has 0 aliphatic carbocycles. The lowest BCUT2D eigenvalue weighted by Crippen LogP contribution is -3.00. The summed E-state index contributed by atoms with van der Waals surface area (Å²) in [5.74, 6) is 0. The Kier molecular flexibility index (Phi) is 17.2. The highest BCUT2D eigenvalue weighted by atomic mass is 35.5. The Morgan fingerprint density at radius 2 is 0.926 bits per heavy atom. The van der Waals surface area contributed by atoms with Gasteiger partial charge in [-0.3, -0.25) is 4.48 Å². The summed E-state index contributed by atoms with van der Waals surface area (Å²) >= 11 is 0. The number of nitrogens with zero attached hydrogens (tertiary/aromatic N) is 1. The van der Waals surface area contributed by atoms with Crippen LogP contribution in [0.4, 0.5) is 5.69 Å². The molecule has 0 bridgehead atoms. The molecule has 0 aromatic heterocycles. The predicted molar refractivity (Wildman–Crippen MR) is 120 cm³/mol. The summed E-state index contributed by atoms with van der Waals surface area (Å²) in [6, 6.07) is 10.9. The van der Waals surface area contributed by atoms with Crippen LogP contribution in [0.2, 0.25) is 0 Å². The molecule has 0 amide bonds. The molecule has 158 valence electrons. The van der Waals surface area contributed by atoms with E-state index in [1.54, 1.807) is 0 Å². The van der Waals surface area contributed by atoms with E-state index in [-0.39, 0.29) is 12.4 Å². The molecule has 2 heteroatoms. The third kappa shape index (κ3) is 14.2. The van der Waals surface area contributed by atoms with Gasteiger partial charge in [0.05, 0.1) is 20.6 Å². The first-order valence-corrected chi connectivity index (χ1v) is 11.6. The molecule has 0 spiro atoms. The second kappa shape index (κ2) is 17.6. The maximum atomic E-state index is 2.33. The van der Waals surface area contributed by atoms with Crippen LogP contribution in [0, 0.1) is 0 Å². The number of halogens is 1. The quantitative estimate of drug-likeness (QED) is 0.253. The molecule has 0 atom stereocenters. The molecule has 27 heavy (non-hydrogen) atoms. The van der Waals surface area contributed by atoms with E-state index in [4.69, 9.17) is 0 Å². The summed E-state index contributed by atoms with van der Waals surface area (Å²) in [4.78, 5) is 0. The van der Waals surface area contributed by atoms with E-state index in [1.165, 1.54) is 109 Å². The third-order valence-electron chi connectivity index (χ3n) is 5.78. The van der Waals surface area contributed by atoms with Gasteiger partial charge in [-0.15, -0.1) is 0 Å². The van der Waals surface area contributed by atoms with Crippen molar-refractivity contribution >= 4 is 5.69 Å². The molecule has 0 saturated heterocycles. The fourth-order valence-electron chi connectivity index (χ4n) is 3.84. The Balaban J connectivity index is 0.00000676. The highest BCUT2D eigenvalue weighted by Gasteiger charge is 2.17. The highest BCUT2D eigenvalue weighted by molar-refractivity contribution is 5.40. The van der Waals surface area contributed by atoms with E-state index in [2.05, 4.69) is 51.4 Å². The van der Waals surface area contributed by atoms with Crippen LogP contribution in [0.25, 0.3) is 0 Å². The van der Waals surface area contributed by atoms with E-state index >= 15 is 0 Å². The summed E-state index contributed by atoms with van der Waals surface area (Å²) < 4.78 is 1.01. The van der Waals surface area contributed by atoms with Crippen LogP contribution >= 0.6 is 0 Å². The van der Waals surface area contributed by atoms with Gasteiger partial charge in [-0.25, -0.2) is 0 Å². The van der Waals surface area contributed by atoms with E-state index in [1.807, 2.05) is 0 Å². The topological polar surface area (TPSA) is 0 Å². The SMILES string of the molecule is CCCCCCCCCCCCCCCCC[N+](C)(C)c1ccccc1.[Cl-]. The Hall–Kier alpha value is -0.530. The van der Waals surface area contributed by atoms with E-state index in [9.17, 15) is 0 Å². The lowest BCUT2D eigenvalue weighted by Gasteiger charge is -2.29. The smallest absolute Gasteiger partial charge is 0.132 e. The summed E-state index contributed by atoms with van der Waals surface area (Å²) in [5.41, 5.74) is 1.43. The summed E-state index contributed by atoms with van der Waals surface area (Å²) in [6.07, 6.45) is 21.6. The van der Waals surface area contributed by atoms with Crippen molar-refractivity contribution in [1.29, 1.82) is 0 Å². The van der Waals surface area contributed by atoms with Crippen molar-refractivity contribution in [2.75, 3.05) is 20.6 Å². The van der Waals surface area contributed by atoms with Crippen molar-refractivity contribution < 1.29 is 12.4 Å². The molecule has 0 heterocycles. The number of hydrogen-bond donors (Lipinski definition) is 0. The lowest BCUT2D eigenvalue weighted by atomic mass is 10.0. The fourth-order valence-corrected chi connectivity index (χ4v) is 3.84. The Morgan fingerprint density at radius 1 is 0.556 bits per heavy atom. The zero-order valence-electron chi connectivity index (χ0n) is 18.5. The minimum absolute atomic E-state index is 0. The van der Waals surface area contributed by atoms with Crippen LogP contribution in [0.3, 0.4) is 0 Å². The number of unbranched alkanes of at least 4 members (excludes halogenated alkanes) is 14. The molecule has 0 saturated carbocycles. The van der Waals surface area contributed by atoms with Crippen molar-refractivity contribution in [2.45, 2.75) is 103 Å². The summed E-state index contributed by atoms with van der Waals surface area (Å²) in [6.45, 7) is 3.55.